The first-order valence-electron chi connectivity index (χ1n) is 4.74. The monoisotopic (exact) mass is 177 g/mol. The van der Waals surface area contributed by atoms with Gasteiger partial charge in [-0.25, -0.2) is 0 Å². The lowest BCUT2D eigenvalue weighted by Gasteiger charge is -2.28. The van der Waals surface area contributed by atoms with Gasteiger partial charge in [-0.2, -0.15) is 5.26 Å². The van der Waals surface area contributed by atoms with Crippen molar-refractivity contribution in [1.82, 2.24) is 0 Å². The maximum absolute atomic E-state index is 11.7. The molecule has 13 heavy (non-hydrogen) atoms. The highest BCUT2D eigenvalue weighted by molar-refractivity contribution is 6.00. The highest BCUT2D eigenvalue weighted by Gasteiger charge is 2.39. The molecule has 2 nitrogen and oxygen atoms in total. The normalized spacial score (nSPS) is 20.3. The third-order valence-electron chi connectivity index (χ3n) is 2.74. The number of allylic oxidation sites excluding steroid dienone is 1. The summed E-state index contributed by atoms with van der Waals surface area (Å²) in [6.07, 6.45) is 4.57. The van der Waals surface area contributed by atoms with E-state index in [0.29, 0.717) is 5.57 Å². The second-order valence-electron chi connectivity index (χ2n) is 3.86. The SMILES string of the molecule is C=C(C)C(=O)C1(C#N)CCCCC1. The second kappa shape index (κ2) is 3.74. The smallest absolute Gasteiger partial charge is 0.178 e. The summed E-state index contributed by atoms with van der Waals surface area (Å²) >= 11 is 0. The molecule has 0 amide bonds. The molecule has 0 radical (unpaired) electrons. The molecule has 1 rings (SSSR count). The van der Waals surface area contributed by atoms with Gasteiger partial charge in [0.05, 0.1) is 6.07 Å². The molecule has 0 bridgehead atoms. The van der Waals surface area contributed by atoms with Gasteiger partial charge >= 0.3 is 0 Å². The number of hydrogen-bond donors (Lipinski definition) is 0. The largest absolute Gasteiger partial charge is 0.293 e. The van der Waals surface area contributed by atoms with Crippen molar-refractivity contribution in [3.05, 3.63) is 12.2 Å². The van der Waals surface area contributed by atoms with Crippen LogP contribution in [0.2, 0.25) is 0 Å². The van der Waals surface area contributed by atoms with E-state index < -0.39 is 5.41 Å². The van der Waals surface area contributed by atoms with Crippen LogP contribution in [0.1, 0.15) is 39.0 Å². The molecular formula is C11H15NO. The van der Waals surface area contributed by atoms with Crippen molar-refractivity contribution in [2.45, 2.75) is 39.0 Å². The quantitative estimate of drug-likeness (QED) is 0.608. The fourth-order valence-electron chi connectivity index (χ4n) is 1.95. The van der Waals surface area contributed by atoms with Gasteiger partial charge in [0.15, 0.2) is 5.78 Å². The predicted octanol–water partition coefficient (Wildman–Crippen LogP) is 2.61. The summed E-state index contributed by atoms with van der Waals surface area (Å²) in [5, 5.41) is 9.05. The first-order chi connectivity index (χ1) is 6.12. The van der Waals surface area contributed by atoms with Gasteiger partial charge in [-0.1, -0.05) is 25.8 Å². The van der Waals surface area contributed by atoms with Crippen molar-refractivity contribution in [3.63, 3.8) is 0 Å². The Morgan fingerprint density at radius 2 is 1.92 bits per heavy atom. The van der Waals surface area contributed by atoms with E-state index >= 15 is 0 Å². The van der Waals surface area contributed by atoms with Crippen LogP contribution in [0.4, 0.5) is 0 Å². The number of ketones is 1. The van der Waals surface area contributed by atoms with Gasteiger partial charge in [-0.3, -0.25) is 4.79 Å². The Kier molecular flexibility index (Phi) is 2.87. The Balaban J connectivity index is 2.87. The predicted molar refractivity (Wildman–Crippen MR) is 51.0 cm³/mol. The molecular weight excluding hydrogens is 162 g/mol. The number of rotatable bonds is 2. The average Bonchev–Trinajstić information content (AvgIpc) is 2.17. The van der Waals surface area contributed by atoms with E-state index in [9.17, 15) is 4.79 Å². The maximum atomic E-state index is 11.7. The number of hydrogen-bond acceptors (Lipinski definition) is 2. The summed E-state index contributed by atoms with van der Waals surface area (Å²) in [6, 6.07) is 2.19. The van der Waals surface area contributed by atoms with Crippen LogP contribution in [0, 0.1) is 16.7 Å². The summed E-state index contributed by atoms with van der Waals surface area (Å²) in [7, 11) is 0. The highest BCUT2D eigenvalue weighted by atomic mass is 16.1. The molecule has 1 fully saturated rings. The van der Waals surface area contributed by atoms with Gasteiger partial charge in [-0.05, 0) is 25.3 Å². The first kappa shape index (κ1) is 9.98. The van der Waals surface area contributed by atoms with E-state index in [-0.39, 0.29) is 5.78 Å². The highest BCUT2D eigenvalue weighted by Crippen LogP contribution is 2.37. The Labute approximate surface area is 79.2 Å². The molecule has 0 aromatic heterocycles. The van der Waals surface area contributed by atoms with E-state index in [1.165, 1.54) is 0 Å². The van der Waals surface area contributed by atoms with Crippen molar-refractivity contribution in [3.8, 4) is 6.07 Å². The molecule has 0 aliphatic heterocycles. The lowest BCUT2D eigenvalue weighted by Crippen LogP contribution is -2.32. The van der Waals surface area contributed by atoms with Gasteiger partial charge in [0.1, 0.15) is 5.41 Å². The van der Waals surface area contributed by atoms with E-state index in [4.69, 9.17) is 5.26 Å². The Hall–Kier alpha value is -1.10. The summed E-state index contributed by atoms with van der Waals surface area (Å²) < 4.78 is 0. The number of nitriles is 1. The van der Waals surface area contributed by atoms with Crippen LogP contribution in [0.3, 0.4) is 0 Å². The van der Waals surface area contributed by atoms with E-state index in [1.54, 1.807) is 6.92 Å². The van der Waals surface area contributed by atoms with Crippen molar-refractivity contribution >= 4 is 5.78 Å². The van der Waals surface area contributed by atoms with Gasteiger partial charge in [0, 0.05) is 0 Å². The summed E-state index contributed by atoms with van der Waals surface area (Å²) in [5.74, 6) is -0.0466. The molecule has 70 valence electrons. The molecule has 1 aliphatic rings. The minimum absolute atomic E-state index is 0.0466. The molecule has 1 aliphatic carbocycles. The minimum atomic E-state index is -0.732. The van der Waals surface area contributed by atoms with Gasteiger partial charge in [0.2, 0.25) is 0 Å². The zero-order valence-corrected chi connectivity index (χ0v) is 8.10. The fourth-order valence-corrected chi connectivity index (χ4v) is 1.95. The Morgan fingerprint density at radius 3 is 2.31 bits per heavy atom. The van der Waals surface area contributed by atoms with Gasteiger partial charge in [0.25, 0.3) is 0 Å². The third-order valence-corrected chi connectivity index (χ3v) is 2.74. The number of Topliss-reactive ketones (excluding diaryl/α,β-unsaturated/α-hetero) is 1. The minimum Gasteiger partial charge on any atom is -0.293 e. The van der Waals surface area contributed by atoms with Crippen LogP contribution in [0.15, 0.2) is 12.2 Å². The number of nitrogens with zero attached hydrogens (tertiary/aromatic N) is 1. The van der Waals surface area contributed by atoms with Crippen LogP contribution in [0.25, 0.3) is 0 Å². The molecule has 0 N–H and O–H groups in total. The molecule has 1 saturated carbocycles. The van der Waals surface area contributed by atoms with E-state index in [2.05, 4.69) is 12.6 Å². The van der Waals surface area contributed by atoms with Crippen LogP contribution < -0.4 is 0 Å². The number of carbonyl (C=O) groups excluding carboxylic acids is 1. The lowest BCUT2D eigenvalue weighted by molar-refractivity contribution is -0.123. The molecule has 0 atom stereocenters. The average molecular weight is 177 g/mol. The second-order valence-corrected chi connectivity index (χ2v) is 3.86. The van der Waals surface area contributed by atoms with Crippen LogP contribution >= 0.6 is 0 Å². The molecule has 0 heterocycles. The summed E-state index contributed by atoms with van der Waals surface area (Å²) in [5.41, 5.74) is -0.215. The molecule has 0 saturated heterocycles. The first-order valence-corrected chi connectivity index (χ1v) is 4.74. The summed E-state index contributed by atoms with van der Waals surface area (Å²) in [4.78, 5) is 11.7. The molecule has 2 heteroatoms. The van der Waals surface area contributed by atoms with E-state index in [0.717, 1.165) is 32.1 Å². The number of carbonyl (C=O) groups is 1. The lowest BCUT2D eigenvalue weighted by atomic mass is 9.71. The topological polar surface area (TPSA) is 40.9 Å². The summed E-state index contributed by atoms with van der Waals surface area (Å²) in [6.45, 7) is 5.31. The van der Waals surface area contributed by atoms with Crippen LogP contribution in [-0.2, 0) is 4.79 Å². The molecule has 0 spiro atoms. The van der Waals surface area contributed by atoms with Crippen molar-refractivity contribution < 1.29 is 4.79 Å². The Bertz CT molecular complexity index is 266. The van der Waals surface area contributed by atoms with Crippen LogP contribution in [-0.4, -0.2) is 5.78 Å². The molecule has 0 aromatic rings. The van der Waals surface area contributed by atoms with Crippen LogP contribution in [0.5, 0.6) is 0 Å². The van der Waals surface area contributed by atoms with Crippen molar-refractivity contribution in [2.75, 3.05) is 0 Å². The van der Waals surface area contributed by atoms with Gasteiger partial charge in [-0.15, -0.1) is 0 Å². The zero-order chi connectivity index (χ0) is 9.90. The standard InChI is InChI=1S/C11H15NO/c1-9(2)10(13)11(8-12)6-4-3-5-7-11/h1,3-7H2,2H3. The van der Waals surface area contributed by atoms with Gasteiger partial charge < -0.3 is 0 Å². The Morgan fingerprint density at radius 1 is 1.38 bits per heavy atom. The third kappa shape index (κ3) is 1.80. The van der Waals surface area contributed by atoms with Crippen molar-refractivity contribution in [2.24, 2.45) is 5.41 Å². The van der Waals surface area contributed by atoms with E-state index in [1.807, 2.05) is 0 Å². The molecule has 0 aromatic carbocycles. The fraction of sp³-hybridized carbons (Fsp3) is 0.636. The van der Waals surface area contributed by atoms with Crippen molar-refractivity contribution in [1.29, 1.82) is 5.26 Å². The maximum Gasteiger partial charge on any atom is 0.178 e. The molecule has 0 unspecified atom stereocenters. The zero-order valence-electron chi connectivity index (χ0n) is 8.10.